The van der Waals surface area contributed by atoms with Gasteiger partial charge >= 0.3 is 6.03 Å². The Morgan fingerprint density at radius 2 is 1.64 bits per heavy atom. The molecule has 1 heterocycles. The molecule has 2 N–H and O–H groups in total. The van der Waals surface area contributed by atoms with Crippen molar-refractivity contribution in [2.24, 2.45) is 16.7 Å². The van der Waals surface area contributed by atoms with Gasteiger partial charge in [0.05, 0.1) is 5.92 Å². The van der Waals surface area contributed by atoms with E-state index in [1.54, 1.807) is 0 Å². The molecule has 1 unspecified atom stereocenters. The highest BCUT2D eigenvalue weighted by Gasteiger charge is 2.44. The lowest BCUT2D eigenvalue weighted by Crippen LogP contribution is -2.43. The van der Waals surface area contributed by atoms with Crippen LogP contribution in [0.4, 0.5) is 4.79 Å². The van der Waals surface area contributed by atoms with Gasteiger partial charge in [-0.05, 0) is 23.7 Å². The molecule has 0 aliphatic carbocycles. The molecule has 1 fully saturated rings. The molecule has 1 atom stereocenters. The molecular formula is C19H35N3O3. The Kier molecular flexibility index (Phi) is 7.44. The molecule has 1 aliphatic rings. The normalized spacial score (nSPS) is 18.6. The first-order valence-corrected chi connectivity index (χ1v) is 9.28. The van der Waals surface area contributed by atoms with Gasteiger partial charge in [-0.25, -0.2) is 4.79 Å². The summed E-state index contributed by atoms with van der Waals surface area (Å²) in [5.74, 6) is -0.534. The lowest BCUT2D eigenvalue weighted by molar-refractivity contribution is -0.140. The van der Waals surface area contributed by atoms with Gasteiger partial charge in [0.15, 0.2) is 0 Å². The predicted molar refractivity (Wildman–Crippen MR) is 99.0 cm³/mol. The molecule has 144 valence electrons. The zero-order valence-electron chi connectivity index (χ0n) is 16.7. The lowest BCUT2D eigenvalue weighted by atomic mass is 9.80. The van der Waals surface area contributed by atoms with E-state index >= 15 is 0 Å². The van der Waals surface area contributed by atoms with Gasteiger partial charge in [-0.1, -0.05) is 48.0 Å². The number of nitrogens with one attached hydrogen (secondary N) is 2. The van der Waals surface area contributed by atoms with Gasteiger partial charge in [0.2, 0.25) is 11.8 Å². The smallest absolute Gasteiger partial charge is 0.314 e. The van der Waals surface area contributed by atoms with Crippen LogP contribution in [0.15, 0.2) is 0 Å². The summed E-state index contributed by atoms with van der Waals surface area (Å²) in [5, 5.41) is 5.53. The van der Waals surface area contributed by atoms with Gasteiger partial charge in [0.25, 0.3) is 0 Å². The van der Waals surface area contributed by atoms with Crippen LogP contribution in [0.2, 0.25) is 0 Å². The van der Waals surface area contributed by atoms with Crippen molar-refractivity contribution < 1.29 is 14.4 Å². The second-order valence-corrected chi connectivity index (χ2v) is 9.21. The van der Waals surface area contributed by atoms with Crippen LogP contribution in [0, 0.1) is 16.7 Å². The van der Waals surface area contributed by atoms with E-state index in [9.17, 15) is 14.4 Å². The third-order valence-corrected chi connectivity index (χ3v) is 4.55. The van der Waals surface area contributed by atoms with Crippen molar-refractivity contribution in [3.63, 3.8) is 0 Å². The molecule has 4 amide bonds. The molecule has 1 aliphatic heterocycles. The van der Waals surface area contributed by atoms with Gasteiger partial charge in [-0.15, -0.1) is 0 Å². The van der Waals surface area contributed by atoms with Crippen molar-refractivity contribution in [2.75, 3.05) is 19.6 Å². The van der Waals surface area contributed by atoms with Gasteiger partial charge in [-0.3, -0.25) is 14.5 Å². The second kappa shape index (κ2) is 8.68. The average molecular weight is 354 g/mol. The largest absolute Gasteiger partial charge is 0.338 e. The van der Waals surface area contributed by atoms with Crippen LogP contribution >= 0.6 is 0 Å². The third kappa shape index (κ3) is 7.45. The maximum absolute atomic E-state index is 12.3. The van der Waals surface area contributed by atoms with E-state index in [1.165, 1.54) is 4.90 Å². The monoisotopic (exact) mass is 353 g/mol. The second-order valence-electron chi connectivity index (χ2n) is 9.21. The number of carbonyl (C=O) groups excluding carboxylic acids is 3. The van der Waals surface area contributed by atoms with Crippen LogP contribution in [0.3, 0.4) is 0 Å². The molecule has 0 aromatic rings. The third-order valence-electron chi connectivity index (χ3n) is 4.55. The number of urea groups is 1. The SMILES string of the molecule is CC(C)(C)CCCCNC(=O)NCCN1C(=O)CC(C(C)(C)C)C1=O. The Morgan fingerprint density at radius 3 is 2.16 bits per heavy atom. The average Bonchev–Trinajstić information content (AvgIpc) is 2.73. The summed E-state index contributed by atoms with van der Waals surface area (Å²) in [5.41, 5.74) is 0.0985. The van der Waals surface area contributed by atoms with Crippen molar-refractivity contribution in [1.82, 2.24) is 15.5 Å². The molecule has 1 saturated heterocycles. The van der Waals surface area contributed by atoms with Crippen LogP contribution in [-0.4, -0.2) is 42.4 Å². The van der Waals surface area contributed by atoms with E-state index in [2.05, 4.69) is 31.4 Å². The molecule has 0 spiro atoms. The van der Waals surface area contributed by atoms with E-state index < -0.39 is 0 Å². The highest BCUT2D eigenvalue weighted by Crippen LogP contribution is 2.35. The number of rotatable bonds is 7. The molecule has 6 nitrogen and oxygen atoms in total. The maximum Gasteiger partial charge on any atom is 0.314 e. The fourth-order valence-corrected chi connectivity index (χ4v) is 2.92. The first-order chi connectivity index (χ1) is 11.4. The molecule has 25 heavy (non-hydrogen) atoms. The molecule has 0 aromatic carbocycles. The van der Waals surface area contributed by atoms with Gasteiger partial charge in [0.1, 0.15) is 0 Å². The number of unbranched alkanes of at least 4 members (excludes halogenated alkanes) is 1. The van der Waals surface area contributed by atoms with Gasteiger partial charge in [0, 0.05) is 26.1 Å². The van der Waals surface area contributed by atoms with E-state index in [-0.39, 0.29) is 48.7 Å². The molecule has 1 rings (SSSR count). The Bertz CT molecular complexity index is 489. The maximum atomic E-state index is 12.3. The zero-order valence-corrected chi connectivity index (χ0v) is 16.7. The highest BCUT2D eigenvalue weighted by atomic mass is 16.2. The summed E-state index contributed by atoms with van der Waals surface area (Å²) < 4.78 is 0. The van der Waals surface area contributed by atoms with Crippen molar-refractivity contribution in [3.05, 3.63) is 0 Å². The number of hydrogen-bond acceptors (Lipinski definition) is 3. The quantitative estimate of drug-likeness (QED) is 0.545. The van der Waals surface area contributed by atoms with Crippen LogP contribution < -0.4 is 10.6 Å². The summed E-state index contributed by atoms with van der Waals surface area (Å²) in [6.45, 7) is 13.7. The van der Waals surface area contributed by atoms with Crippen molar-refractivity contribution in [3.8, 4) is 0 Å². The van der Waals surface area contributed by atoms with Crippen LogP contribution in [0.5, 0.6) is 0 Å². The predicted octanol–water partition coefficient (Wildman–Crippen LogP) is 2.92. The first kappa shape index (κ1) is 21.5. The molecule has 6 heteroatoms. The molecule has 0 bridgehead atoms. The summed E-state index contributed by atoms with van der Waals surface area (Å²) >= 11 is 0. The van der Waals surface area contributed by atoms with E-state index in [0.717, 1.165) is 19.3 Å². The minimum absolute atomic E-state index is 0.123. The minimum atomic E-state index is -0.267. The Balaban J connectivity index is 2.23. The summed E-state index contributed by atoms with van der Waals surface area (Å²) in [6, 6.07) is -0.248. The number of nitrogens with zero attached hydrogens (tertiary/aromatic N) is 1. The summed E-state index contributed by atoms with van der Waals surface area (Å²) in [6.07, 6.45) is 3.42. The zero-order chi connectivity index (χ0) is 19.3. The fraction of sp³-hybridized carbons (Fsp3) is 0.842. The number of imide groups is 1. The van der Waals surface area contributed by atoms with Crippen molar-refractivity contribution in [2.45, 2.75) is 67.2 Å². The number of likely N-dealkylation sites (tertiary alicyclic amines) is 1. The van der Waals surface area contributed by atoms with Crippen LogP contribution in [0.1, 0.15) is 67.2 Å². The lowest BCUT2D eigenvalue weighted by Gasteiger charge is -2.24. The summed E-state index contributed by atoms with van der Waals surface area (Å²) in [7, 11) is 0. The Hall–Kier alpha value is -1.59. The molecule has 0 radical (unpaired) electrons. The fourth-order valence-electron chi connectivity index (χ4n) is 2.92. The molecule has 0 aromatic heterocycles. The minimum Gasteiger partial charge on any atom is -0.338 e. The van der Waals surface area contributed by atoms with Crippen molar-refractivity contribution >= 4 is 17.8 Å². The Labute approximate surface area is 152 Å². The number of amides is 4. The van der Waals surface area contributed by atoms with E-state index in [0.29, 0.717) is 12.0 Å². The first-order valence-electron chi connectivity index (χ1n) is 9.28. The Morgan fingerprint density at radius 1 is 1.04 bits per heavy atom. The van der Waals surface area contributed by atoms with E-state index in [1.807, 2.05) is 20.8 Å². The topological polar surface area (TPSA) is 78.5 Å². The van der Waals surface area contributed by atoms with Gasteiger partial charge < -0.3 is 10.6 Å². The van der Waals surface area contributed by atoms with Gasteiger partial charge in [-0.2, -0.15) is 0 Å². The van der Waals surface area contributed by atoms with Crippen LogP contribution in [0.25, 0.3) is 0 Å². The van der Waals surface area contributed by atoms with E-state index in [4.69, 9.17) is 0 Å². The molecular weight excluding hydrogens is 318 g/mol. The summed E-state index contributed by atoms with van der Waals surface area (Å²) in [4.78, 5) is 37.4. The van der Waals surface area contributed by atoms with Crippen molar-refractivity contribution in [1.29, 1.82) is 0 Å². The standard InChI is InChI=1S/C19H35N3O3/c1-18(2,3)9-7-8-10-20-17(25)21-11-12-22-15(23)13-14(16(22)24)19(4,5)6/h14H,7-13H2,1-6H3,(H2,20,21,25). The highest BCUT2D eigenvalue weighted by molar-refractivity contribution is 6.03. The molecule has 0 saturated carbocycles. The van der Waals surface area contributed by atoms with Crippen LogP contribution in [-0.2, 0) is 9.59 Å². The number of hydrogen-bond donors (Lipinski definition) is 2. The number of carbonyl (C=O) groups is 3.